The van der Waals surface area contributed by atoms with Crippen LogP contribution in [0.4, 0.5) is 0 Å². The molecule has 6 nitrogen and oxygen atoms in total. The number of hydrogen-bond donors (Lipinski definition) is 4. The zero-order valence-electron chi connectivity index (χ0n) is 11.9. The SMILES string of the molecule is CC(C)C[C@H](N)C(=O)O.CC(C)C[C@H](N)C(=O)O.[Cu]. The summed E-state index contributed by atoms with van der Waals surface area (Å²) in [5.41, 5.74) is 10.4. The van der Waals surface area contributed by atoms with E-state index in [1.807, 2.05) is 27.7 Å². The standard InChI is InChI=1S/2C6H13NO2.Cu/c2*1-4(2)3-5(7)6(8)9;/h2*4-5H,3,7H2,1-2H3,(H,8,9);/t2*5-;/m00./s1. The monoisotopic (exact) mass is 325 g/mol. The van der Waals surface area contributed by atoms with Gasteiger partial charge in [-0.1, -0.05) is 27.7 Å². The first-order valence-corrected chi connectivity index (χ1v) is 6.04. The molecule has 0 saturated carbocycles. The van der Waals surface area contributed by atoms with Crippen molar-refractivity contribution in [2.45, 2.75) is 52.6 Å². The second kappa shape index (κ2) is 12.4. The van der Waals surface area contributed by atoms with E-state index >= 15 is 0 Å². The van der Waals surface area contributed by atoms with Crippen LogP contribution >= 0.6 is 0 Å². The number of carboxylic acid groups (broad SMARTS) is 2. The molecule has 0 saturated heterocycles. The van der Waals surface area contributed by atoms with Crippen LogP contribution < -0.4 is 11.5 Å². The molecule has 0 spiro atoms. The normalized spacial score (nSPS) is 13.1. The van der Waals surface area contributed by atoms with Gasteiger partial charge in [0.2, 0.25) is 0 Å². The fraction of sp³-hybridized carbons (Fsp3) is 0.833. The fourth-order valence-corrected chi connectivity index (χ4v) is 1.22. The van der Waals surface area contributed by atoms with E-state index in [0.29, 0.717) is 24.7 Å². The number of aliphatic carboxylic acids is 2. The van der Waals surface area contributed by atoms with Crippen LogP contribution in [0.25, 0.3) is 0 Å². The molecule has 6 N–H and O–H groups in total. The summed E-state index contributed by atoms with van der Waals surface area (Å²) in [6.07, 6.45) is 1.10. The minimum absolute atomic E-state index is 0. The molecule has 0 fully saturated rings. The quantitative estimate of drug-likeness (QED) is 0.537. The van der Waals surface area contributed by atoms with Crippen molar-refractivity contribution in [3.05, 3.63) is 0 Å². The van der Waals surface area contributed by atoms with E-state index in [0.717, 1.165) is 0 Å². The Morgan fingerprint density at radius 3 is 1.11 bits per heavy atom. The van der Waals surface area contributed by atoms with E-state index < -0.39 is 24.0 Å². The van der Waals surface area contributed by atoms with Crippen molar-refractivity contribution in [2.75, 3.05) is 0 Å². The van der Waals surface area contributed by atoms with Crippen LogP contribution in [-0.2, 0) is 26.7 Å². The minimum Gasteiger partial charge on any atom is -0.480 e. The van der Waals surface area contributed by atoms with Crippen molar-refractivity contribution in [1.82, 2.24) is 0 Å². The van der Waals surface area contributed by atoms with E-state index in [2.05, 4.69) is 0 Å². The van der Waals surface area contributed by atoms with Gasteiger partial charge in [-0.15, -0.1) is 0 Å². The van der Waals surface area contributed by atoms with Gasteiger partial charge in [0.1, 0.15) is 12.1 Å². The molecule has 0 aliphatic carbocycles. The molecule has 0 rings (SSSR count). The van der Waals surface area contributed by atoms with E-state index in [9.17, 15) is 9.59 Å². The summed E-state index contributed by atoms with van der Waals surface area (Å²) >= 11 is 0. The molecule has 0 aliphatic rings. The molecule has 0 aliphatic heterocycles. The maximum Gasteiger partial charge on any atom is 0.320 e. The molecule has 0 unspecified atom stereocenters. The van der Waals surface area contributed by atoms with Gasteiger partial charge in [0.05, 0.1) is 0 Å². The molecule has 2 atom stereocenters. The van der Waals surface area contributed by atoms with Crippen LogP contribution in [0, 0.1) is 11.8 Å². The molecule has 0 heterocycles. The van der Waals surface area contributed by atoms with Crippen molar-refractivity contribution in [3.63, 3.8) is 0 Å². The summed E-state index contributed by atoms with van der Waals surface area (Å²) in [6.45, 7) is 7.79. The van der Waals surface area contributed by atoms with Crippen molar-refractivity contribution in [1.29, 1.82) is 0 Å². The zero-order valence-corrected chi connectivity index (χ0v) is 12.8. The number of carboxylic acids is 2. The molecule has 0 aromatic heterocycles. The Morgan fingerprint density at radius 2 is 1.05 bits per heavy atom. The molecular weight excluding hydrogens is 300 g/mol. The fourth-order valence-electron chi connectivity index (χ4n) is 1.22. The molecule has 7 heteroatoms. The van der Waals surface area contributed by atoms with Crippen LogP contribution in [0.1, 0.15) is 40.5 Å². The topological polar surface area (TPSA) is 127 Å². The number of carbonyl (C=O) groups is 2. The Labute approximate surface area is 125 Å². The third-order valence-corrected chi connectivity index (χ3v) is 2.09. The van der Waals surface area contributed by atoms with Crippen LogP contribution in [0.5, 0.6) is 0 Å². The average molecular weight is 326 g/mol. The van der Waals surface area contributed by atoms with E-state index in [1.54, 1.807) is 0 Å². The first kappa shape index (κ1) is 23.5. The van der Waals surface area contributed by atoms with Gasteiger partial charge in [-0.05, 0) is 24.7 Å². The minimum atomic E-state index is -0.913. The molecule has 1 radical (unpaired) electrons. The maximum absolute atomic E-state index is 10.1. The Kier molecular flexibility index (Phi) is 15.3. The van der Waals surface area contributed by atoms with Gasteiger partial charge in [0.25, 0.3) is 0 Å². The smallest absolute Gasteiger partial charge is 0.320 e. The average Bonchev–Trinajstić information content (AvgIpc) is 2.16. The molecule has 0 amide bonds. The Morgan fingerprint density at radius 1 is 0.842 bits per heavy atom. The van der Waals surface area contributed by atoms with Gasteiger partial charge in [0, 0.05) is 17.1 Å². The van der Waals surface area contributed by atoms with Gasteiger partial charge in [-0.2, -0.15) is 0 Å². The predicted molar refractivity (Wildman–Crippen MR) is 70.1 cm³/mol. The Hall–Kier alpha value is -0.621. The van der Waals surface area contributed by atoms with Gasteiger partial charge in [0.15, 0.2) is 0 Å². The second-order valence-electron chi connectivity index (χ2n) is 5.15. The number of nitrogens with two attached hydrogens (primary N) is 2. The molecule has 0 aromatic carbocycles. The summed E-state index contributed by atoms with van der Waals surface area (Å²) < 4.78 is 0. The molecule has 119 valence electrons. The number of hydrogen-bond acceptors (Lipinski definition) is 4. The van der Waals surface area contributed by atoms with Crippen molar-refractivity contribution in [3.8, 4) is 0 Å². The van der Waals surface area contributed by atoms with E-state index in [1.165, 1.54) is 0 Å². The zero-order chi connectivity index (χ0) is 14.9. The second-order valence-corrected chi connectivity index (χ2v) is 5.15. The number of rotatable bonds is 6. The van der Waals surface area contributed by atoms with Crippen molar-refractivity contribution < 1.29 is 36.9 Å². The van der Waals surface area contributed by atoms with Crippen molar-refractivity contribution >= 4 is 11.9 Å². The maximum atomic E-state index is 10.1. The summed E-state index contributed by atoms with van der Waals surface area (Å²) in [4.78, 5) is 20.2. The molecular formula is C12H26CuN2O4. The van der Waals surface area contributed by atoms with Crippen LogP contribution in [0.2, 0.25) is 0 Å². The van der Waals surface area contributed by atoms with Crippen LogP contribution in [-0.4, -0.2) is 34.2 Å². The third kappa shape index (κ3) is 17.4. The molecule has 0 bridgehead atoms. The van der Waals surface area contributed by atoms with Gasteiger partial charge < -0.3 is 21.7 Å². The third-order valence-electron chi connectivity index (χ3n) is 2.09. The van der Waals surface area contributed by atoms with E-state index in [4.69, 9.17) is 21.7 Å². The first-order chi connectivity index (χ1) is 8.07. The summed E-state index contributed by atoms with van der Waals surface area (Å²) in [7, 11) is 0. The van der Waals surface area contributed by atoms with Crippen LogP contribution in [0.3, 0.4) is 0 Å². The van der Waals surface area contributed by atoms with Crippen LogP contribution in [0.15, 0.2) is 0 Å². The Bertz CT molecular complexity index is 234. The van der Waals surface area contributed by atoms with Gasteiger partial charge >= 0.3 is 11.9 Å². The largest absolute Gasteiger partial charge is 0.480 e. The van der Waals surface area contributed by atoms with Gasteiger partial charge in [-0.25, -0.2) is 0 Å². The first-order valence-electron chi connectivity index (χ1n) is 6.04. The van der Waals surface area contributed by atoms with E-state index in [-0.39, 0.29) is 17.1 Å². The molecule has 0 aromatic rings. The van der Waals surface area contributed by atoms with Gasteiger partial charge in [-0.3, -0.25) is 9.59 Å². The predicted octanol–water partition coefficient (Wildman–Crippen LogP) is 0.886. The summed E-state index contributed by atoms with van der Waals surface area (Å²) in [5, 5.41) is 16.6. The summed E-state index contributed by atoms with van der Waals surface area (Å²) in [5.74, 6) is -1.11. The summed E-state index contributed by atoms with van der Waals surface area (Å²) in [6, 6.07) is -1.38. The Balaban J connectivity index is -0.000000256. The van der Waals surface area contributed by atoms with Crippen molar-refractivity contribution in [2.24, 2.45) is 23.3 Å². The molecule has 19 heavy (non-hydrogen) atoms.